The van der Waals surface area contributed by atoms with Crippen LogP contribution in [0, 0.1) is 5.92 Å². The second kappa shape index (κ2) is 8.61. The highest BCUT2D eigenvalue weighted by atomic mass is 16.5. The number of hydrogen-bond donors (Lipinski definition) is 0. The Kier molecular flexibility index (Phi) is 6.00. The SMILES string of the molecule is CCOC(=O)C(CC)CCc1cc(-c2ccccc2)nc2ccccc12. The zero-order valence-electron chi connectivity index (χ0n) is 15.4. The summed E-state index contributed by atoms with van der Waals surface area (Å²) in [7, 11) is 0. The Bertz CT molecular complexity index is 874. The minimum Gasteiger partial charge on any atom is -0.466 e. The van der Waals surface area contributed by atoms with Gasteiger partial charge in [0.05, 0.1) is 23.7 Å². The average Bonchev–Trinajstić information content (AvgIpc) is 2.69. The topological polar surface area (TPSA) is 39.2 Å². The highest BCUT2D eigenvalue weighted by molar-refractivity contribution is 5.85. The fourth-order valence-corrected chi connectivity index (χ4v) is 3.29. The van der Waals surface area contributed by atoms with Crippen LogP contribution in [0.5, 0.6) is 0 Å². The number of nitrogens with zero attached hydrogens (tertiary/aromatic N) is 1. The summed E-state index contributed by atoms with van der Waals surface area (Å²) in [6.07, 6.45) is 2.42. The molecule has 3 nitrogen and oxygen atoms in total. The van der Waals surface area contributed by atoms with Crippen LogP contribution in [0.25, 0.3) is 22.2 Å². The normalized spacial score (nSPS) is 12.1. The fourth-order valence-electron chi connectivity index (χ4n) is 3.29. The molecule has 134 valence electrons. The van der Waals surface area contributed by atoms with Crippen molar-refractivity contribution in [2.45, 2.75) is 33.1 Å². The molecule has 0 bridgehead atoms. The number of pyridine rings is 1. The largest absolute Gasteiger partial charge is 0.466 e. The van der Waals surface area contributed by atoms with Crippen LogP contribution in [0.15, 0.2) is 60.7 Å². The van der Waals surface area contributed by atoms with Crippen molar-refractivity contribution in [3.05, 3.63) is 66.2 Å². The minimum atomic E-state index is -0.0864. The monoisotopic (exact) mass is 347 g/mol. The van der Waals surface area contributed by atoms with Crippen molar-refractivity contribution in [1.29, 1.82) is 0 Å². The molecule has 0 radical (unpaired) electrons. The second-order valence-electron chi connectivity index (χ2n) is 6.45. The van der Waals surface area contributed by atoms with E-state index in [2.05, 4.69) is 24.3 Å². The van der Waals surface area contributed by atoms with Gasteiger partial charge in [-0.3, -0.25) is 4.79 Å². The van der Waals surface area contributed by atoms with Crippen molar-refractivity contribution in [2.75, 3.05) is 6.61 Å². The number of ether oxygens (including phenoxy) is 1. The third-order valence-electron chi connectivity index (χ3n) is 4.75. The molecular formula is C23H25NO2. The number of fused-ring (bicyclic) bond motifs is 1. The number of para-hydroxylation sites is 1. The third kappa shape index (κ3) is 4.10. The first-order chi connectivity index (χ1) is 12.7. The van der Waals surface area contributed by atoms with E-state index >= 15 is 0 Å². The van der Waals surface area contributed by atoms with Crippen LogP contribution in [-0.4, -0.2) is 17.6 Å². The lowest BCUT2D eigenvalue weighted by Crippen LogP contribution is -2.17. The molecule has 26 heavy (non-hydrogen) atoms. The van der Waals surface area contributed by atoms with Crippen molar-refractivity contribution in [2.24, 2.45) is 5.92 Å². The van der Waals surface area contributed by atoms with Gasteiger partial charge in [0.1, 0.15) is 0 Å². The van der Waals surface area contributed by atoms with E-state index in [1.165, 1.54) is 5.56 Å². The quantitative estimate of drug-likeness (QED) is 0.535. The number of aryl methyl sites for hydroxylation is 1. The molecule has 0 aliphatic heterocycles. The number of aromatic nitrogens is 1. The van der Waals surface area contributed by atoms with Gasteiger partial charge in [-0.2, -0.15) is 0 Å². The summed E-state index contributed by atoms with van der Waals surface area (Å²) in [4.78, 5) is 16.9. The molecule has 1 atom stereocenters. The maximum absolute atomic E-state index is 12.1. The average molecular weight is 347 g/mol. The predicted octanol–water partition coefficient (Wildman–Crippen LogP) is 5.42. The molecule has 3 rings (SSSR count). The molecule has 0 aliphatic carbocycles. The molecule has 2 aromatic carbocycles. The minimum absolute atomic E-state index is 0.0537. The molecule has 0 saturated heterocycles. The Hall–Kier alpha value is -2.68. The van der Waals surface area contributed by atoms with Gasteiger partial charge in [-0.25, -0.2) is 4.98 Å². The van der Waals surface area contributed by atoms with Gasteiger partial charge in [-0.05, 0) is 43.9 Å². The molecule has 1 unspecified atom stereocenters. The lowest BCUT2D eigenvalue weighted by Gasteiger charge is -2.15. The number of carbonyl (C=O) groups is 1. The number of carbonyl (C=O) groups excluding carboxylic acids is 1. The number of rotatable bonds is 7. The molecule has 1 heterocycles. The van der Waals surface area contributed by atoms with Gasteiger partial charge in [0.15, 0.2) is 0 Å². The zero-order valence-corrected chi connectivity index (χ0v) is 15.4. The van der Waals surface area contributed by atoms with E-state index in [0.29, 0.717) is 6.61 Å². The van der Waals surface area contributed by atoms with Gasteiger partial charge >= 0.3 is 5.97 Å². The number of benzene rings is 2. The Morgan fingerprint density at radius 2 is 1.77 bits per heavy atom. The summed E-state index contributed by atoms with van der Waals surface area (Å²) in [5.41, 5.74) is 4.31. The van der Waals surface area contributed by atoms with Gasteiger partial charge in [0.25, 0.3) is 0 Å². The first kappa shape index (κ1) is 18.1. The Morgan fingerprint density at radius 3 is 2.50 bits per heavy atom. The van der Waals surface area contributed by atoms with Gasteiger partial charge in [0.2, 0.25) is 0 Å². The second-order valence-corrected chi connectivity index (χ2v) is 6.45. The number of esters is 1. The highest BCUT2D eigenvalue weighted by Crippen LogP contribution is 2.27. The van der Waals surface area contributed by atoms with Crippen molar-refractivity contribution in [1.82, 2.24) is 4.98 Å². The fraction of sp³-hybridized carbons (Fsp3) is 0.304. The standard InChI is InChI=1S/C23H25NO2/c1-3-17(23(25)26-4-2)14-15-19-16-22(18-10-6-5-7-11-18)24-21-13-9-8-12-20(19)21/h5-13,16-17H,3-4,14-15H2,1-2H3. The van der Waals surface area contributed by atoms with Crippen LogP contribution in [-0.2, 0) is 16.0 Å². The summed E-state index contributed by atoms with van der Waals surface area (Å²) >= 11 is 0. The van der Waals surface area contributed by atoms with Crippen LogP contribution in [0.2, 0.25) is 0 Å². The molecule has 0 spiro atoms. The van der Waals surface area contributed by atoms with Crippen LogP contribution < -0.4 is 0 Å². The van der Waals surface area contributed by atoms with E-state index in [1.807, 2.05) is 50.2 Å². The molecular weight excluding hydrogens is 322 g/mol. The highest BCUT2D eigenvalue weighted by Gasteiger charge is 2.18. The zero-order chi connectivity index (χ0) is 18.4. The van der Waals surface area contributed by atoms with Gasteiger partial charge in [-0.1, -0.05) is 55.5 Å². The van der Waals surface area contributed by atoms with Crippen LogP contribution in [0.3, 0.4) is 0 Å². The van der Waals surface area contributed by atoms with E-state index in [1.54, 1.807) is 0 Å². The first-order valence-corrected chi connectivity index (χ1v) is 9.33. The summed E-state index contributed by atoms with van der Waals surface area (Å²) in [6, 6.07) is 20.6. The van der Waals surface area contributed by atoms with E-state index < -0.39 is 0 Å². The lowest BCUT2D eigenvalue weighted by molar-refractivity contribution is -0.148. The van der Waals surface area contributed by atoms with Crippen molar-refractivity contribution < 1.29 is 9.53 Å². The summed E-state index contributed by atoms with van der Waals surface area (Å²) in [6.45, 7) is 4.33. The molecule has 0 saturated carbocycles. The predicted molar refractivity (Wildman–Crippen MR) is 106 cm³/mol. The van der Waals surface area contributed by atoms with Gasteiger partial charge in [0, 0.05) is 10.9 Å². The Morgan fingerprint density at radius 1 is 1.04 bits per heavy atom. The molecule has 0 aliphatic rings. The maximum atomic E-state index is 12.1. The lowest BCUT2D eigenvalue weighted by atomic mass is 9.94. The first-order valence-electron chi connectivity index (χ1n) is 9.33. The van der Waals surface area contributed by atoms with Gasteiger partial charge in [-0.15, -0.1) is 0 Å². The smallest absolute Gasteiger partial charge is 0.308 e. The molecule has 1 aromatic heterocycles. The van der Waals surface area contributed by atoms with Gasteiger partial charge < -0.3 is 4.74 Å². The third-order valence-corrected chi connectivity index (χ3v) is 4.75. The summed E-state index contributed by atoms with van der Waals surface area (Å²) in [5.74, 6) is -0.140. The number of hydrogen-bond acceptors (Lipinski definition) is 3. The van der Waals surface area contributed by atoms with Crippen molar-refractivity contribution in [3.8, 4) is 11.3 Å². The van der Waals surface area contributed by atoms with Crippen LogP contribution in [0.1, 0.15) is 32.3 Å². The molecule has 0 amide bonds. The summed E-state index contributed by atoms with van der Waals surface area (Å²) < 4.78 is 5.21. The van der Waals surface area contributed by atoms with Crippen LogP contribution >= 0.6 is 0 Å². The Labute approximate surface area is 155 Å². The summed E-state index contributed by atoms with van der Waals surface area (Å²) in [5, 5.41) is 1.16. The van der Waals surface area contributed by atoms with Crippen LogP contribution in [0.4, 0.5) is 0 Å². The van der Waals surface area contributed by atoms with E-state index in [9.17, 15) is 4.79 Å². The van der Waals surface area contributed by atoms with Crippen molar-refractivity contribution in [3.63, 3.8) is 0 Å². The maximum Gasteiger partial charge on any atom is 0.308 e. The van der Waals surface area contributed by atoms with E-state index in [4.69, 9.17) is 9.72 Å². The Balaban J connectivity index is 1.92. The molecule has 0 fully saturated rings. The molecule has 3 heteroatoms. The molecule has 3 aromatic rings. The van der Waals surface area contributed by atoms with E-state index in [-0.39, 0.29) is 11.9 Å². The van der Waals surface area contributed by atoms with Crippen molar-refractivity contribution >= 4 is 16.9 Å². The molecule has 0 N–H and O–H groups in total. The van der Waals surface area contributed by atoms with E-state index in [0.717, 1.165) is 41.4 Å².